The Bertz CT molecular complexity index is 840. The number of nitrogens with one attached hydrogen (secondary N) is 2. The van der Waals surface area contributed by atoms with Gasteiger partial charge in [0.1, 0.15) is 5.82 Å². The molecule has 0 spiro atoms. The molecule has 0 saturated carbocycles. The van der Waals surface area contributed by atoms with Gasteiger partial charge in [-0.25, -0.2) is 14.5 Å². The van der Waals surface area contributed by atoms with E-state index in [0.29, 0.717) is 12.5 Å². The van der Waals surface area contributed by atoms with E-state index in [1.54, 1.807) is 17.2 Å². The first-order valence-corrected chi connectivity index (χ1v) is 8.54. The van der Waals surface area contributed by atoms with Crippen LogP contribution in [-0.4, -0.2) is 30.3 Å². The minimum absolute atomic E-state index is 0.180. The monoisotopic (exact) mass is 353 g/mol. The summed E-state index contributed by atoms with van der Waals surface area (Å²) in [4.78, 5) is 20.8. The first-order chi connectivity index (χ1) is 12.5. The van der Waals surface area contributed by atoms with E-state index in [0.717, 1.165) is 11.4 Å². The molecule has 136 valence electrons. The van der Waals surface area contributed by atoms with E-state index < -0.39 is 0 Å². The van der Waals surface area contributed by atoms with Gasteiger partial charge in [-0.1, -0.05) is 30.3 Å². The molecule has 3 rings (SSSR count). The van der Waals surface area contributed by atoms with Crippen LogP contribution >= 0.6 is 0 Å². The van der Waals surface area contributed by atoms with E-state index in [2.05, 4.69) is 25.7 Å². The molecule has 0 aliphatic carbocycles. The summed E-state index contributed by atoms with van der Waals surface area (Å²) in [5, 5.41) is 10.0. The van der Waals surface area contributed by atoms with Gasteiger partial charge in [0.05, 0.1) is 12.4 Å². The second-order valence-corrected chi connectivity index (χ2v) is 6.34. The normalized spacial score (nSPS) is 12.2. The predicted octanol–water partition coefficient (Wildman–Crippen LogP) is 2.93. The van der Waals surface area contributed by atoms with E-state index >= 15 is 0 Å². The molecule has 3 aromatic rings. The highest BCUT2D eigenvalue weighted by atomic mass is 16.2. The fourth-order valence-corrected chi connectivity index (χ4v) is 2.76. The molecule has 8 nitrogen and oxygen atoms in total. The van der Waals surface area contributed by atoms with Crippen molar-refractivity contribution in [3.05, 3.63) is 60.4 Å². The fourth-order valence-electron chi connectivity index (χ4n) is 2.76. The SMILES string of the molecule is Cc1nc(NC(=O)NC(Cn2ccnc2)c2ccccc2)nn1C(C)C. The van der Waals surface area contributed by atoms with Crippen molar-refractivity contribution in [3.8, 4) is 0 Å². The maximum atomic E-state index is 12.5. The van der Waals surface area contributed by atoms with Gasteiger partial charge in [-0.15, -0.1) is 5.10 Å². The number of rotatable bonds is 6. The summed E-state index contributed by atoms with van der Waals surface area (Å²) in [6, 6.07) is 9.44. The Balaban J connectivity index is 1.71. The molecule has 2 N–H and O–H groups in total. The van der Waals surface area contributed by atoms with Gasteiger partial charge < -0.3 is 9.88 Å². The lowest BCUT2D eigenvalue weighted by atomic mass is 10.1. The Labute approximate surface area is 152 Å². The van der Waals surface area contributed by atoms with Crippen LogP contribution in [0.2, 0.25) is 0 Å². The zero-order valence-corrected chi connectivity index (χ0v) is 15.1. The van der Waals surface area contributed by atoms with E-state index in [1.165, 1.54) is 0 Å². The summed E-state index contributed by atoms with van der Waals surface area (Å²) in [5.74, 6) is 1.05. The third kappa shape index (κ3) is 4.27. The van der Waals surface area contributed by atoms with Crippen molar-refractivity contribution in [1.29, 1.82) is 0 Å². The highest BCUT2D eigenvalue weighted by molar-refractivity contribution is 5.87. The van der Waals surface area contributed by atoms with Gasteiger partial charge in [-0.3, -0.25) is 5.32 Å². The number of carbonyl (C=O) groups is 1. The number of hydrogen-bond donors (Lipinski definition) is 2. The van der Waals surface area contributed by atoms with Gasteiger partial charge in [0.15, 0.2) is 0 Å². The molecule has 0 bridgehead atoms. The van der Waals surface area contributed by atoms with Crippen LogP contribution in [0.15, 0.2) is 49.1 Å². The van der Waals surface area contributed by atoms with Gasteiger partial charge in [-0.2, -0.15) is 4.98 Å². The fraction of sp³-hybridized carbons (Fsp3) is 0.333. The zero-order chi connectivity index (χ0) is 18.5. The van der Waals surface area contributed by atoms with Crippen molar-refractivity contribution in [1.82, 2.24) is 29.6 Å². The van der Waals surface area contributed by atoms with Crippen molar-refractivity contribution >= 4 is 12.0 Å². The molecule has 2 aromatic heterocycles. The molecule has 1 unspecified atom stereocenters. The maximum absolute atomic E-state index is 12.5. The van der Waals surface area contributed by atoms with Crippen LogP contribution in [0, 0.1) is 6.92 Å². The summed E-state index contributed by atoms with van der Waals surface area (Å²) in [6.45, 7) is 6.47. The van der Waals surface area contributed by atoms with E-state index in [1.807, 2.05) is 61.9 Å². The molecule has 0 aliphatic rings. The first-order valence-electron chi connectivity index (χ1n) is 8.54. The van der Waals surface area contributed by atoms with Gasteiger partial charge in [-0.05, 0) is 26.3 Å². The topological polar surface area (TPSA) is 89.7 Å². The lowest BCUT2D eigenvalue weighted by molar-refractivity contribution is 0.247. The summed E-state index contributed by atoms with van der Waals surface area (Å²) >= 11 is 0. The van der Waals surface area contributed by atoms with Crippen molar-refractivity contribution in [2.75, 3.05) is 5.32 Å². The molecular weight excluding hydrogens is 330 g/mol. The van der Waals surface area contributed by atoms with Gasteiger partial charge >= 0.3 is 6.03 Å². The summed E-state index contributed by atoms with van der Waals surface area (Å²) in [6.07, 6.45) is 5.31. The van der Waals surface area contributed by atoms with E-state index in [9.17, 15) is 4.79 Å². The Morgan fingerprint density at radius 2 is 2.00 bits per heavy atom. The van der Waals surface area contributed by atoms with Crippen LogP contribution in [0.5, 0.6) is 0 Å². The molecule has 8 heteroatoms. The average Bonchev–Trinajstić information content (AvgIpc) is 3.24. The van der Waals surface area contributed by atoms with Crippen LogP contribution < -0.4 is 10.6 Å². The Hall–Kier alpha value is -3.16. The highest BCUT2D eigenvalue weighted by Gasteiger charge is 2.17. The molecule has 0 aliphatic heterocycles. The number of hydrogen-bond acceptors (Lipinski definition) is 4. The maximum Gasteiger partial charge on any atom is 0.322 e. The van der Waals surface area contributed by atoms with Crippen molar-refractivity contribution in [2.45, 2.75) is 39.4 Å². The van der Waals surface area contributed by atoms with Crippen LogP contribution in [-0.2, 0) is 6.54 Å². The van der Waals surface area contributed by atoms with Crippen LogP contribution in [0.4, 0.5) is 10.7 Å². The molecule has 26 heavy (non-hydrogen) atoms. The highest BCUT2D eigenvalue weighted by Crippen LogP contribution is 2.15. The number of urea groups is 1. The second-order valence-electron chi connectivity index (χ2n) is 6.34. The van der Waals surface area contributed by atoms with Crippen molar-refractivity contribution in [3.63, 3.8) is 0 Å². The standard InChI is InChI=1S/C18H23N7O/c1-13(2)25-14(3)20-17(23-25)22-18(26)21-16(11-24-10-9-19-12-24)15-7-5-4-6-8-15/h4-10,12-13,16H,11H2,1-3H3,(H2,21,22,23,26). The van der Waals surface area contributed by atoms with E-state index in [4.69, 9.17) is 0 Å². The molecule has 2 amide bonds. The minimum Gasteiger partial charge on any atom is -0.335 e. The van der Waals surface area contributed by atoms with Gasteiger partial charge in [0.2, 0.25) is 5.95 Å². The predicted molar refractivity (Wildman–Crippen MR) is 98.7 cm³/mol. The third-order valence-corrected chi connectivity index (χ3v) is 3.98. The molecular formula is C18H23N7O. The average molecular weight is 353 g/mol. The summed E-state index contributed by atoms with van der Waals surface area (Å²) < 4.78 is 3.70. The van der Waals surface area contributed by atoms with Gasteiger partial charge in [0, 0.05) is 25.0 Å². The number of nitrogens with zero attached hydrogens (tertiary/aromatic N) is 5. The number of amides is 2. The molecule has 2 heterocycles. The van der Waals surface area contributed by atoms with Crippen LogP contribution in [0.1, 0.15) is 37.3 Å². The van der Waals surface area contributed by atoms with Crippen molar-refractivity contribution in [2.24, 2.45) is 0 Å². The molecule has 1 atom stereocenters. The number of carbonyl (C=O) groups excluding carboxylic acids is 1. The van der Waals surface area contributed by atoms with Crippen LogP contribution in [0.25, 0.3) is 0 Å². The second kappa shape index (κ2) is 7.81. The third-order valence-electron chi connectivity index (χ3n) is 3.98. The summed E-state index contributed by atoms with van der Waals surface area (Å²) in [7, 11) is 0. The Morgan fingerprint density at radius 3 is 2.62 bits per heavy atom. The first kappa shape index (κ1) is 17.7. The molecule has 0 fully saturated rings. The number of imidazole rings is 1. The number of benzene rings is 1. The lowest BCUT2D eigenvalue weighted by Crippen LogP contribution is -2.35. The van der Waals surface area contributed by atoms with E-state index in [-0.39, 0.29) is 18.1 Å². The quantitative estimate of drug-likeness (QED) is 0.713. The number of aryl methyl sites for hydroxylation is 1. The molecule has 0 saturated heterocycles. The largest absolute Gasteiger partial charge is 0.335 e. The minimum atomic E-state index is -0.347. The zero-order valence-electron chi connectivity index (χ0n) is 15.1. The Kier molecular flexibility index (Phi) is 5.31. The smallest absolute Gasteiger partial charge is 0.322 e. The number of anilines is 1. The summed E-state index contributed by atoms with van der Waals surface area (Å²) in [5.41, 5.74) is 1.01. The Morgan fingerprint density at radius 1 is 1.23 bits per heavy atom. The van der Waals surface area contributed by atoms with Gasteiger partial charge in [0.25, 0.3) is 0 Å². The molecule has 1 aromatic carbocycles. The molecule has 0 radical (unpaired) electrons. The van der Waals surface area contributed by atoms with Crippen LogP contribution in [0.3, 0.4) is 0 Å². The van der Waals surface area contributed by atoms with Crippen molar-refractivity contribution < 1.29 is 4.79 Å². The number of aromatic nitrogens is 5. The lowest BCUT2D eigenvalue weighted by Gasteiger charge is -2.19.